The van der Waals surface area contributed by atoms with Gasteiger partial charge in [0.2, 0.25) is 0 Å². The molecule has 1 amide bonds. The van der Waals surface area contributed by atoms with Crippen molar-refractivity contribution in [2.45, 2.75) is 38.5 Å². The van der Waals surface area contributed by atoms with Crippen LogP contribution in [-0.4, -0.2) is 191 Å². The Bertz CT molecular complexity index is 1300. The highest BCUT2D eigenvalue weighted by Gasteiger charge is 2.29. The van der Waals surface area contributed by atoms with Gasteiger partial charge in [-0.3, -0.25) is 0 Å². The zero-order chi connectivity index (χ0) is 44.4. The molecule has 0 saturated heterocycles. The van der Waals surface area contributed by atoms with Crippen molar-refractivity contribution in [3.8, 4) is 11.1 Å². The molecule has 1 aliphatic carbocycles. The number of hydrogen-bond acceptors (Lipinski definition) is 15. The molecule has 1 aliphatic rings. The Balaban J connectivity index is 0.907. The number of carbonyl (C=O) groups excluding carboxylic acids is 1. The largest absolute Gasteiger partial charge is 0.449 e. The second kappa shape index (κ2) is 40.7. The Morgan fingerprint density at radius 3 is 1.00 bits per heavy atom. The monoisotopic (exact) mass is 896 g/mol. The number of amides is 1. The van der Waals surface area contributed by atoms with Crippen LogP contribution in [0.4, 0.5) is 4.79 Å². The molecule has 3 rings (SSSR count). The van der Waals surface area contributed by atoms with Crippen molar-refractivity contribution >= 4 is 6.09 Å². The van der Waals surface area contributed by atoms with Gasteiger partial charge in [-0.05, 0) is 35.1 Å². The third kappa shape index (κ3) is 28.7. The molecule has 0 atom stereocenters. The van der Waals surface area contributed by atoms with Crippen molar-refractivity contribution in [2.75, 3.05) is 185 Å². The van der Waals surface area contributed by atoms with E-state index in [0.717, 1.165) is 13.0 Å². The number of ether oxygens (including phenoxy) is 14. The van der Waals surface area contributed by atoms with Gasteiger partial charge in [0.1, 0.15) is 6.61 Å². The molecule has 2 aromatic rings. The van der Waals surface area contributed by atoms with Crippen LogP contribution in [0, 0.1) is 0 Å². The van der Waals surface area contributed by atoms with E-state index >= 15 is 0 Å². The van der Waals surface area contributed by atoms with Crippen molar-refractivity contribution in [2.24, 2.45) is 0 Å². The van der Waals surface area contributed by atoms with Gasteiger partial charge in [-0.25, -0.2) is 4.79 Å². The van der Waals surface area contributed by atoms with Crippen LogP contribution in [0.25, 0.3) is 11.1 Å². The fraction of sp³-hybridized carbons (Fsp3) is 0.723. The van der Waals surface area contributed by atoms with E-state index in [1.807, 2.05) is 24.3 Å². The average Bonchev–Trinajstić information content (AvgIpc) is 3.63. The molecule has 0 heterocycles. The zero-order valence-corrected chi connectivity index (χ0v) is 37.9. The minimum atomic E-state index is -0.416. The molecule has 0 spiro atoms. The number of fused-ring (bicyclic) bond motifs is 3. The Hall–Kier alpha value is -2.81. The Labute approximate surface area is 376 Å². The normalized spacial score (nSPS) is 12.2. The predicted octanol–water partition coefficient (Wildman–Crippen LogP) is 5.32. The minimum absolute atomic E-state index is 0.0473. The first-order valence-electron chi connectivity index (χ1n) is 22.9. The zero-order valence-electron chi connectivity index (χ0n) is 37.9. The Morgan fingerprint density at radius 1 is 0.397 bits per heavy atom. The molecule has 360 valence electrons. The molecule has 0 saturated carbocycles. The summed E-state index contributed by atoms with van der Waals surface area (Å²) in [7, 11) is 0. The van der Waals surface area contributed by atoms with E-state index in [1.165, 1.54) is 35.1 Å². The number of carbonyl (C=O) groups is 1. The first-order chi connectivity index (χ1) is 31.3. The maximum Gasteiger partial charge on any atom is 0.407 e. The van der Waals surface area contributed by atoms with Crippen LogP contribution in [0.2, 0.25) is 0 Å². The van der Waals surface area contributed by atoms with Crippen LogP contribution in [0.5, 0.6) is 0 Å². The molecule has 1 N–H and O–H groups in total. The van der Waals surface area contributed by atoms with Gasteiger partial charge < -0.3 is 71.6 Å². The lowest BCUT2D eigenvalue weighted by Crippen LogP contribution is -2.27. The molecule has 16 heteroatoms. The quantitative estimate of drug-likeness (QED) is 0.0851. The number of rotatable bonds is 46. The van der Waals surface area contributed by atoms with Crippen molar-refractivity contribution in [1.82, 2.24) is 5.32 Å². The van der Waals surface area contributed by atoms with Gasteiger partial charge in [0, 0.05) is 25.7 Å². The second-order valence-electron chi connectivity index (χ2n) is 14.3. The maximum atomic E-state index is 12.3. The van der Waals surface area contributed by atoms with Crippen LogP contribution < -0.4 is 5.32 Å². The topological polar surface area (TPSA) is 158 Å². The summed E-state index contributed by atoms with van der Waals surface area (Å²) < 4.78 is 77.3. The number of nitrogens with one attached hydrogen (secondary N) is 1. The summed E-state index contributed by atoms with van der Waals surface area (Å²) in [6, 6.07) is 16.6. The molecular weight excluding hydrogens is 819 g/mol. The number of alkyl carbamates (subject to hydrolysis) is 1. The van der Waals surface area contributed by atoms with Crippen molar-refractivity contribution < 1.29 is 71.1 Å². The van der Waals surface area contributed by atoms with Gasteiger partial charge in [0.25, 0.3) is 0 Å². The summed E-state index contributed by atoms with van der Waals surface area (Å²) in [5, 5.41) is 2.81. The first-order valence-corrected chi connectivity index (χ1v) is 22.9. The summed E-state index contributed by atoms with van der Waals surface area (Å²) >= 11 is 0. The highest BCUT2D eigenvalue weighted by molar-refractivity contribution is 5.79. The van der Waals surface area contributed by atoms with E-state index in [2.05, 4.69) is 36.5 Å². The summed E-state index contributed by atoms with van der Waals surface area (Å²) in [6.07, 6.45) is 3.80. The van der Waals surface area contributed by atoms with Gasteiger partial charge in [-0.1, -0.05) is 68.3 Å². The molecule has 2 aromatic carbocycles. The molecule has 0 aromatic heterocycles. The predicted molar refractivity (Wildman–Crippen MR) is 238 cm³/mol. The summed E-state index contributed by atoms with van der Waals surface area (Å²) in [4.78, 5) is 12.3. The van der Waals surface area contributed by atoms with E-state index in [0.29, 0.717) is 185 Å². The molecule has 16 nitrogen and oxygen atoms in total. The lowest BCUT2D eigenvalue weighted by molar-refractivity contribution is -0.0290. The number of unbranched alkanes of at least 4 members (excludes halogenated alkanes) is 2. The lowest BCUT2D eigenvalue weighted by atomic mass is 9.98. The maximum absolute atomic E-state index is 12.3. The van der Waals surface area contributed by atoms with Crippen LogP contribution in [0.15, 0.2) is 48.5 Å². The second-order valence-corrected chi connectivity index (χ2v) is 14.3. The van der Waals surface area contributed by atoms with Gasteiger partial charge in [0.15, 0.2) is 0 Å². The molecule has 0 unspecified atom stereocenters. The Morgan fingerprint density at radius 2 is 0.683 bits per heavy atom. The highest BCUT2D eigenvalue weighted by Crippen LogP contribution is 2.44. The van der Waals surface area contributed by atoms with Crippen molar-refractivity contribution in [1.29, 1.82) is 0 Å². The van der Waals surface area contributed by atoms with Crippen LogP contribution in [-0.2, 0) is 66.3 Å². The summed E-state index contributed by atoms with van der Waals surface area (Å²) in [5.41, 5.74) is 4.80. The molecule has 0 aliphatic heterocycles. The third-order valence-electron chi connectivity index (χ3n) is 9.43. The highest BCUT2D eigenvalue weighted by atomic mass is 16.6. The number of benzene rings is 2. The van der Waals surface area contributed by atoms with E-state index in [4.69, 9.17) is 66.3 Å². The van der Waals surface area contributed by atoms with Gasteiger partial charge in [-0.15, -0.1) is 0 Å². The Kier molecular flexibility index (Phi) is 35.2. The fourth-order valence-electron chi connectivity index (χ4n) is 6.21. The smallest absolute Gasteiger partial charge is 0.407 e. The number of hydrogen-bond donors (Lipinski definition) is 1. The SMILES string of the molecule is CCCCCOCCOCCOCCOCCOCCOCCOCCOCCOCCOCCOCCOCCOCCCNC(=O)OCC1c2ccccc2-c2ccccc21. The molecule has 0 fully saturated rings. The molecule has 0 bridgehead atoms. The van der Waals surface area contributed by atoms with E-state index in [-0.39, 0.29) is 5.92 Å². The van der Waals surface area contributed by atoms with Crippen molar-refractivity contribution in [3.05, 3.63) is 59.7 Å². The van der Waals surface area contributed by atoms with Crippen LogP contribution in [0.1, 0.15) is 49.7 Å². The fourth-order valence-corrected chi connectivity index (χ4v) is 6.21. The van der Waals surface area contributed by atoms with Crippen LogP contribution >= 0.6 is 0 Å². The molecular formula is C47H77NO15. The minimum Gasteiger partial charge on any atom is -0.449 e. The van der Waals surface area contributed by atoms with E-state index < -0.39 is 6.09 Å². The van der Waals surface area contributed by atoms with Gasteiger partial charge in [0.05, 0.1) is 159 Å². The van der Waals surface area contributed by atoms with E-state index in [9.17, 15) is 4.79 Å². The van der Waals surface area contributed by atoms with Crippen molar-refractivity contribution in [3.63, 3.8) is 0 Å². The summed E-state index contributed by atoms with van der Waals surface area (Å²) in [6.45, 7) is 16.6. The van der Waals surface area contributed by atoms with Gasteiger partial charge >= 0.3 is 6.09 Å². The lowest BCUT2D eigenvalue weighted by Gasteiger charge is -2.14. The third-order valence-corrected chi connectivity index (χ3v) is 9.43. The average molecular weight is 896 g/mol. The van der Waals surface area contributed by atoms with E-state index in [1.54, 1.807) is 0 Å². The standard InChI is InChI=1S/C47H77NO15/c1-2-3-8-15-50-17-19-52-21-23-54-25-27-56-29-31-58-33-35-60-37-39-62-40-38-61-36-34-59-32-30-57-28-26-55-24-22-53-20-18-51-16-9-14-48-47(49)63-41-46-44-12-6-4-10-42(44)43-11-5-7-13-45(43)46/h4-7,10-13,46H,2-3,8-9,14-41H2,1H3,(H,48,49). The molecule has 0 radical (unpaired) electrons. The summed E-state index contributed by atoms with van der Waals surface area (Å²) in [5.74, 6) is 0.0473. The first kappa shape index (κ1) is 54.5. The van der Waals surface area contributed by atoms with Gasteiger partial charge in [-0.2, -0.15) is 0 Å². The van der Waals surface area contributed by atoms with Crippen LogP contribution in [0.3, 0.4) is 0 Å². The molecule has 63 heavy (non-hydrogen) atoms.